The molecule has 0 saturated heterocycles. The zero-order chi connectivity index (χ0) is 19.2. The molecular weight excluding hydrogens is 344 g/mol. The Hall–Kier alpha value is -3.80. The predicted molar refractivity (Wildman–Crippen MR) is 103 cm³/mol. The first-order valence-electron chi connectivity index (χ1n) is 8.22. The van der Waals surface area contributed by atoms with Crippen molar-refractivity contribution in [3.05, 3.63) is 83.9 Å². The van der Waals surface area contributed by atoms with Crippen LogP contribution >= 0.6 is 0 Å². The van der Waals surface area contributed by atoms with Crippen molar-refractivity contribution < 1.29 is 19.4 Å². The number of aromatic hydroxyl groups is 1. The van der Waals surface area contributed by atoms with E-state index in [1.54, 1.807) is 67.8 Å². The molecule has 3 aromatic carbocycles. The highest BCUT2D eigenvalue weighted by molar-refractivity contribution is 6.13. The second-order valence-electron chi connectivity index (χ2n) is 5.70. The zero-order valence-corrected chi connectivity index (χ0v) is 14.6. The van der Waals surface area contributed by atoms with Crippen LogP contribution in [-0.2, 0) is 0 Å². The highest BCUT2D eigenvalue weighted by atomic mass is 16.5. The maximum Gasteiger partial charge on any atom is 0.259 e. The zero-order valence-electron chi connectivity index (χ0n) is 14.6. The lowest BCUT2D eigenvalue weighted by molar-refractivity contribution is 0.102. The summed E-state index contributed by atoms with van der Waals surface area (Å²) in [5.74, 6) is -0.395. The van der Waals surface area contributed by atoms with Crippen LogP contribution < -0.4 is 15.4 Å². The molecule has 136 valence electrons. The Morgan fingerprint density at radius 2 is 1.48 bits per heavy atom. The van der Waals surface area contributed by atoms with Gasteiger partial charge < -0.3 is 20.5 Å². The monoisotopic (exact) mass is 362 g/mol. The van der Waals surface area contributed by atoms with Gasteiger partial charge in [-0.3, -0.25) is 9.59 Å². The van der Waals surface area contributed by atoms with Crippen LogP contribution in [0.2, 0.25) is 0 Å². The number of rotatable bonds is 5. The number of methoxy groups -OCH3 is 1. The van der Waals surface area contributed by atoms with Crippen molar-refractivity contribution in [1.82, 2.24) is 0 Å². The molecule has 3 rings (SSSR count). The number of phenolic OH excluding ortho intramolecular Hbond substituents is 1. The molecule has 0 atom stereocenters. The van der Waals surface area contributed by atoms with Crippen molar-refractivity contribution in [3.63, 3.8) is 0 Å². The first kappa shape index (κ1) is 18.0. The van der Waals surface area contributed by atoms with E-state index in [1.807, 2.05) is 0 Å². The predicted octanol–water partition coefficient (Wildman–Crippen LogP) is 3.91. The van der Waals surface area contributed by atoms with Crippen LogP contribution in [0.25, 0.3) is 0 Å². The molecule has 0 bridgehead atoms. The fourth-order valence-corrected chi connectivity index (χ4v) is 2.54. The second kappa shape index (κ2) is 8.05. The first-order valence-corrected chi connectivity index (χ1v) is 8.22. The van der Waals surface area contributed by atoms with Crippen molar-refractivity contribution in [2.75, 3.05) is 17.7 Å². The molecule has 3 N–H and O–H groups in total. The minimum atomic E-state index is -0.505. The molecule has 0 radical (unpaired) electrons. The van der Waals surface area contributed by atoms with Gasteiger partial charge in [0.2, 0.25) is 0 Å². The van der Waals surface area contributed by atoms with E-state index >= 15 is 0 Å². The van der Waals surface area contributed by atoms with Gasteiger partial charge in [0.25, 0.3) is 11.8 Å². The summed E-state index contributed by atoms with van der Waals surface area (Å²) >= 11 is 0. The number of carbonyl (C=O) groups is 2. The van der Waals surface area contributed by atoms with Crippen molar-refractivity contribution in [2.45, 2.75) is 0 Å². The van der Waals surface area contributed by atoms with Gasteiger partial charge in [0.15, 0.2) is 0 Å². The van der Waals surface area contributed by atoms with Gasteiger partial charge in [0.05, 0.1) is 23.9 Å². The maximum absolute atomic E-state index is 12.7. The normalized spacial score (nSPS) is 10.1. The Balaban J connectivity index is 1.82. The van der Waals surface area contributed by atoms with Gasteiger partial charge >= 0.3 is 0 Å². The topological polar surface area (TPSA) is 87.7 Å². The highest BCUT2D eigenvalue weighted by Crippen LogP contribution is 2.22. The molecule has 0 aliphatic heterocycles. The number of carbonyl (C=O) groups excluding carboxylic acids is 2. The number of amides is 2. The van der Waals surface area contributed by atoms with Gasteiger partial charge in [-0.05, 0) is 36.4 Å². The van der Waals surface area contributed by atoms with Gasteiger partial charge in [0.1, 0.15) is 11.5 Å². The largest absolute Gasteiger partial charge is 0.507 e. The van der Waals surface area contributed by atoms with Crippen LogP contribution in [0.1, 0.15) is 20.7 Å². The Morgan fingerprint density at radius 1 is 0.815 bits per heavy atom. The van der Waals surface area contributed by atoms with E-state index < -0.39 is 5.91 Å². The van der Waals surface area contributed by atoms with Crippen molar-refractivity contribution in [3.8, 4) is 11.5 Å². The summed E-state index contributed by atoms with van der Waals surface area (Å²) in [5, 5.41) is 15.3. The third kappa shape index (κ3) is 4.24. The summed E-state index contributed by atoms with van der Waals surface area (Å²) in [5.41, 5.74) is 1.33. The van der Waals surface area contributed by atoms with Gasteiger partial charge in [-0.1, -0.05) is 30.3 Å². The number of para-hydroxylation sites is 2. The van der Waals surface area contributed by atoms with Crippen molar-refractivity contribution in [1.29, 1.82) is 0 Å². The summed E-state index contributed by atoms with van der Waals surface area (Å²) in [6, 6.07) is 19.8. The molecular formula is C21H18N2O4. The molecule has 0 aliphatic rings. The summed E-state index contributed by atoms with van der Waals surface area (Å²) in [6.07, 6.45) is 0. The molecule has 6 heteroatoms. The standard InChI is InChI=1S/C21H18N2O4/c1-27-15-8-6-7-14(13-15)22-20(25)16-9-2-4-11-18(16)23-21(26)17-10-3-5-12-19(17)24/h2-13,24H,1H3,(H,22,25)(H,23,26). The van der Waals surface area contributed by atoms with E-state index in [0.29, 0.717) is 22.7 Å². The Kier molecular flexibility index (Phi) is 5.37. The Morgan fingerprint density at radius 3 is 2.22 bits per heavy atom. The van der Waals surface area contributed by atoms with Crippen LogP contribution in [0.4, 0.5) is 11.4 Å². The summed E-state index contributed by atoms with van der Waals surface area (Å²) in [7, 11) is 1.55. The van der Waals surface area contributed by atoms with Crippen molar-refractivity contribution in [2.24, 2.45) is 0 Å². The van der Waals surface area contributed by atoms with Gasteiger partial charge in [0, 0.05) is 11.8 Å². The molecule has 27 heavy (non-hydrogen) atoms. The second-order valence-corrected chi connectivity index (χ2v) is 5.70. The van der Waals surface area contributed by atoms with Crippen molar-refractivity contribution >= 4 is 23.2 Å². The first-order chi connectivity index (χ1) is 13.1. The van der Waals surface area contributed by atoms with E-state index in [-0.39, 0.29) is 17.2 Å². The fourth-order valence-electron chi connectivity index (χ4n) is 2.54. The molecule has 0 aromatic heterocycles. The molecule has 0 spiro atoms. The molecule has 2 amide bonds. The third-order valence-electron chi connectivity index (χ3n) is 3.90. The third-order valence-corrected chi connectivity index (χ3v) is 3.90. The van der Waals surface area contributed by atoms with Gasteiger partial charge in [-0.25, -0.2) is 0 Å². The van der Waals surface area contributed by atoms with Gasteiger partial charge in [-0.15, -0.1) is 0 Å². The summed E-state index contributed by atoms with van der Waals surface area (Å²) < 4.78 is 5.15. The smallest absolute Gasteiger partial charge is 0.259 e. The maximum atomic E-state index is 12.7. The number of ether oxygens (including phenoxy) is 1. The van der Waals surface area contributed by atoms with E-state index in [4.69, 9.17) is 4.74 Å². The SMILES string of the molecule is COc1cccc(NC(=O)c2ccccc2NC(=O)c2ccccc2O)c1. The van der Waals surface area contributed by atoms with E-state index in [2.05, 4.69) is 10.6 Å². The molecule has 3 aromatic rings. The molecule has 0 heterocycles. The molecule has 6 nitrogen and oxygen atoms in total. The number of benzene rings is 3. The average Bonchev–Trinajstić information content (AvgIpc) is 2.68. The fraction of sp³-hybridized carbons (Fsp3) is 0.0476. The lowest BCUT2D eigenvalue weighted by Crippen LogP contribution is -2.18. The number of phenols is 1. The molecule has 0 saturated carbocycles. The summed E-state index contributed by atoms with van der Waals surface area (Å²) in [4.78, 5) is 25.1. The minimum Gasteiger partial charge on any atom is -0.507 e. The van der Waals surface area contributed by atoms with E-state index in [9.17, 15) is 14.7 Å². The number of anilines is 2. The van der Waals surface area contributed by atoms with Crippen LogP contribution in [0.15, 0.2) is 72.8 Å². The average molecular weight is 362 g/mol. The lowest BCUT2D eigenvalue weighted by Gasteiger charge is -2.12. The number of nitrogens with one attached hydrogen (secondary N) is 2. The molecule has 0 fully saturated rings. The minimum absolute atomic E-state index is 0.125. The quantitative estimate of drug-likeness (QED) is 0.642. The Labute approximate surface area is 156 Å². The van der Waals surface area contributed by atoms with Crippen LogP contribution in [0, 0.1) is 0 Å². The Bertz CT molecular complexity index is 985. The molecule has 0 unspecified atom stereocenters. The number of hydrogen-bond acceptors (Lipinski definition) is 4. The highest BCUT2D eigenvalue weighted by Gasteiger charge is 2.16. The van der Waals surface area contributed by atoms with Gasteiger partial charge in [-0.2, -0.15) is 0 Å². The summed E-state index contributed by atoms with van der Waals surface area (Å²) in [6.45, 7) is 0. The van der Waals surface area contributed by atoms with Crippen LogP contribution in [-0.4, -0.2) is 24.0 Å². The number of hydrogen-bond donors (Lipinski definition) is 3. The van der Waals surface area contributed by atoms with Crippen LogP contribution in [0.3, 0.4) is 0 Å². The van der Waals surface area contributed by atoms with Crippen LogP contribution in [0.5, 0.6) is 11.5 Å². The van der Waals surface area contributed by atoms with E-state index in [1.165, 1.54) is 12.1 Å². The van der Waals surface area contributed by atoms with E-state index in [0.717, 1.165) is 0 Å². The lowest BCUT2D eigenvalue weighted by atomic mass is 10.1. The molecule has 0 aliphatic carbocycles.